The molecule has 1 fully saturated rings. The van der Waals surface area contributed by atoms with Crippen LogP contribution in [0.2, 0.25) is 0 Å². The number of rotatable bonds is 5. The molecule has 1 aromatic rings. The van der Waals surface area contributed by atoms with Gasteiger partial charge in [0, 0.05) is 13.6 Å². The van der Waals surface area contributed by atoms with Gasteiger partial charge in [-0.15, -0.1) is 5.10 Å². The van der Waals surface area contributed by atoms with Gasteiger partial charge >= 0.3 is 12.2 Å². The lowest BCUT2D eigenvalue weighted by Gasteiger charge is -2.21. The number of urea groups is 1. The van der Waals surface area contributed by atoms with Crippen LogP contribution in [0.4, 0.5) is 18.0 Å². The molecule has 2 rings (SSSR count). The molecule has 118 valence electrons. The summed E-state index contributed by atoms with van der Waals surface area (Å²) in [6.07, 6.45) is -3.34. The van der Waals surface area contributed by atoms with Gasteiger partial charge in [-0.25, -0.2) is 9.48 Å². The lowest BCUT2D eigenvalue weighted by Crippen LogP contribution is -2.40. The number of aromatic nitrogens is 4. The van der Waals surface area contributed by atoms with Crippen LogP contribution in [0.3, 0.4) is 0 Å². The number of hydrogen-bond acceptors (Lipinski definition) is 4. The smallest absolute Gasteiger partial charge is 0.328 e. The summed E-state index contributed by atoms with van der Waals surface area (Å²) in [6, 6.07) is -0.796. The van der Waals surface area contributed by atoms with E-state index < -0.39 is 31.2 Å². The molecule has 1 heterocycles. The number of carbonyl (C=O) groups excluding carboxylic acids is 1. The lowest BCUT2D eigenvalue weighted by atomic mass is 10.3. The van der Waals surface area contributed by atoms with Gasteiger partial charge in [0.05, 0.1) is 18.5 Å². The van der Waals surface area contributed by atoms with Crippen molar-refractivity contribution >= 4 is 6.03 Å². The van der Waals surface area contributed by atoms with E-state index in [1.165, 1.54) is 7.05 Å². The van der Waals surface area contributed by atoms with E-state index in [2.05, 4.69) is 20.8 Å². The summed E-state index contributed by atoms with van der Waals surface area (Å²) in [7, 11) is 1.32. The normalized spacial score (nSPS) is 16.6. The van der Waals surface area contributed by atoms with Gasteiger partial charge in [-0.1, -0.05) is 0 Å². The topological polar surface area (TPSA) is 75.9 Å². The van der Waals surface area contributed by atoms with E-state index in [4.69, 9.17) is 0 Å². The molecule has 1 saturated carbocycles. The fraction of sp³-hybridized carbons (Fsp3) is 0.818. The van der Waals surface area contributed by atoms with Crippen molar-refractivity contribution < 1.29 is 18.0 Å². The van der Waals surface area contributed by atoms with E-state index in [0.717, 1.165) is 17.7 Å². The summed E-state index contributed by atoms with van der Waals surface area (Å²) >= 11 is 0. The van der Waals surface area contributed by atoms with Crippen LogP contribution in [-0.2, 0) is 0 Å². The summed E-state index contributed by atoms with van der Waals surface area (Å²) in [6.45, 7) is 1.30. The number of nitrogens with zero attached hydrogens (tertiary/aromatic N) is 5. The average Bonchev–Trinajstić information content (AvgIpc) is 3.12. The zero-order valence-electron chi connectivity index (χ0n) is 11.8. The Kier molecular flexibility index (Phi) is 4.33. The van der Waals surface area contributed by atoms with Gasteiger partial charge in [0.1, 0.15) is 0 Å². The van der Waals surface area contributed by atoms with Crippen LogP contribution in [0.25, 0.3) is 0 Å². The fourth-order valence-electron chi connectivity index (χ4n) is 1.82. The van der Waals surface area contributed by atoms with Crippen molar-refractivity contribution in [3.63, 3.8) is 0 Å². The SMILES string of the molecule is C[C@H](NC(=O)N(C)CCC(F)(F)F)c1nnnn1C1CC1. The van der Waals surface area contributed by atoms with Gasteiger partial charge in [-0.05, 0) is 30.2 Å². The van der Waals surface area contributed by atoms with E-state index in [0.29, 0.717) is 5.82 Å². The monoisotopic (exact) mass is 306 g/mol. The van der Waals surface area contributed by atoms with E-state index in [9.17, 15) is 18.0 Å². The standard InChI is InChI=1S/C11H17F3N6O/c1-7(9-16-17-18-20(9)8-3-4-8)15-10(21)19(2)6-5-11(12,13)14/h7-8H,3-6H2,1-2H3,(H,15,21)/t7-/m0/s1. The number of alkyl halides is 3. The number of hydrogen-bond donors (Lipinski definition) is 1. The first-order chi connectivity index (χ1) is 9.78. The third kappa shape index (κ3) is 4.30. The first-order valence-electron chi connectivity index (χ1n) is 6.64. The maximum Gasteiger partial charge on any atom is 0.390 e. The van der Waals surface area contributed by atoms with Crippen molar-refractivity contribution in [3.05, 3.63) is 5.82 Å². The maximum atomic E-state index is 12.1. The highest BCUT2D eigenvalue weighted by molar-refractivity contribution is 5.74. The Morgan fingerprint density at radius 2 is 2.19 bits per heavy atom. The van der Waals surface area contributed by atoms with Gasteiger partial charge in [-0.3, -0.25) is 0 Å². The molecule has 2 amide bonds. The molecule has 10 heteroatoms. The van der Waals surface area contributed by atoms with Crippen LogP contribution >= 0.6 is 0 Å². The minimum Gasteiger partial charge on any atom is -0.328 e. The van der Waals surface area contributed by atoms with Crippen molar-refractivity contribution in [2.24, 2.45) is 0 Å². The van der Waals surface area contributed by atoms with Gasteiger partial charge in [0.25, 0.3) is 0 Å². The number of halogens is 3. The molecule has 1 aliphatic rings. The Bertz CT molecular complexity index is 498. The lowest BCUT2D eigenvalue weighted by molar-refractivity contribution is -0.136. The first kappa shape index (κ1) is 15.5. The van der Waals surface area contributed by atoms with Gasteiger partial charge in [0.2, 0.25) is 0 Å². The largest absolute Gasteiger partial charge is 0.390 e. The summed E-state index contributed by atoms with van der Waals surface area (Å²) in [5, 5.41) is 13.9. The van der Waals surface area contributed by atoms with Crippen LogP contribution in [0.5, 0.6) is 0 Å². The van der Waals surface area contributed by atoms with Crippen molar-refractivity contribution in [3.8, 4) is 0 Å². The summed E-state index contributed by atoms with van der Waals surface area (Å²) in [4.78, 5) is 12.8. The fourth-order valence-corrected chi connectivity index (χ4v) is 1.82. The first-order valence-corrected chi connectivity index (χ1v) is 6.64. The average molecular weight is 306 g/mol. The molecule has 1 aliphatic carbocycles. The molecule has 0 aliphatic heterocycles. The minimum atomic E-state index is -4.28. The zero-order valence-corrected chi connectivity index (χ0v) is 11.8. The highest BCUT2D eigenvalue weighted by Crippen LogP contribution is 2.35. The molecule has 0 unspecified atom stereocenters. The van der Waals surface area contributed by atoms with Crippen LogP contribution in [0, 0.1) is 0 Å². The molecule has 0 bridgehead atoms. The summed E-state index contributed by atoms with van der Waals surface area (Å²) < 4.78 is 38.0. The van der Waals surface area contributed by atoms with Crippen LogP contribution in [0.1, 0.15) is 44.1 Å². The summed E-state index contributed by atoms with van der Waals surface area (Å²) in [5.41, 5.74) is 0. The minimum absolute atomic E-state index is 0.261. The van der Waals surface area contributed by atoms with Gasteiger partial charge in [-0.2, -0.15) is 13.2 Å². The Hall–Kier alpha value is -1.87. The molecule has 1 N–H and O–H groups in total. The molecule has 21 heavy (non-hydrogen) atoms. The molecule has 0 radical (unpaired) electrons. The molecular weight excluding hydrogens is 289 g/mol. The molecule has 1 atom stereocenters. The maximum absolute atomic E-state index is 12.1. The third-order valence-electron chi connectivity index (χ3n) is 3.22. The highest BCUT2D eigenvalue weighted by Gasteiger charge is 2.31. The second-order valence-corrected chi connectivity index (χ2v) is 5.17. The molecular formula is C11H17F3N6O. The van der Waals surface area contributed by atoms with Crippen LogP contribution in [-0.4, -0.2) is 50.9 Å². The highest BCUT2D eigenvalue weighted by atomic mass is 19.4. The Morgan fingerprint density at radius 1 is 1.52 bits per heavy atom. The predicted octanol–water partition coefficient (Wildman–Crippen LogP) is 1.66. The molecule has 0 aromatic carbocycles. The Morgan fingerprint density at radius 3 is 2.76 bits per heavy atom. The quantitative estimate of drug-likeness (QED) is 0.897. The Balaban J connectivity index is 1.88. The number of carbonyl (C=O) groups is 1. The third-order valence-corrected chi connectivity index (χ3v) is 3.22. The molecule has 1 aromatic heterocycles. The zero-order chi connectivity index (χ0) is 15.6. The number of nitrogens with one attached hydrogen (secondary N) is 1. The van der Waals surface area contributed by atoms with E-state index in [1.54, 1.807) is 11.6 Å². The molecule has 7 nitrogen and oxygen atoms in total. The second kappa shape index (κ2) is 5.86. The molecule has 0 saturated heterocycles. The number of amides is 2. The van der Waals surface area contributed by atoms with E-state index >= 15 is 0 Å². The van der Waals surface area contributed by atoms with Crippen molar-refractivity contribution in [1.82, 2.24) is 30.4 Å². The molecule has 0 spiro atoms. The summed E-state index contributed by atoms with van der Waals surface area (Å²) in [5.74, 6) is 0.509. The van der Waals surface area contributed by atoms with Crippen LogP contribution in [0.15, 0.2) is 0 Å². The van der Waals surface area contributed by atoms with Crippen LogP contribution < -0.4 is 5.32 Å². The van der Waals surface area contributed by atoms with Crippen molar-refractivity contribution in [1.29, 1.82) is 0 Å². The Labute approximate surface area is 119 Å². The van der Waals surface area contributed by atoms with Crippen molar-refractivity contribution in [2.75, 3.05) is 13.6 Å². The van der Waals surface area contributed by atoms with Gasteiger partial charge in [0.15, 0.2) is 5.82 Å². The van der Waals surface area contributed by atoms with Gasteiger partial charge < -0.3 is 10.2 Å². The predicted molar refractivity (Wildman–Crippen MR) is 66.3 cm³/mol. The van der Waals surface area contributed by atoms with Crippen molar-refractivity contribution in [2.45, 2.75) is 44.4 Å². The van der Waals surface area contributed by atoms with E-state index in [-0.39, 0.29) is 6.04 Å². The second-order valence-electron chi connectivity index (χ2n) is 5.17. The van der Waals surface area contributed by atoms with E-state index in [1.807, 2.05) is 0 Å². The number of tetrazole rings is 1.